The van der Waals surface area contributed by atoms with Crippen LogP contribution in [-0.4, -0.2) is 38.1 Å². The zero-order valence-electron chi connectivity index (χ0n) is 15.6. The summed E-state index contributed by atoms with van der Waals surface area (Å²) in [6, 6.07) is 10.0. The summed E-state index contributed by atoms with van der Waals surface area (Å²) in [4.78, 5) is 12.6. The molecule has 0 aromatic heterocycles. The average molecular weight is 466 g/mol. The largest absolute Gasteiger partial charge is 0.493 e. The van der Waals surface area contributed by atoms with E-state index in [-0.39, 0.29) is 0 Å². The van der Waals surface area contributed by atoms with Crippen LogP contribution in [-0.2, 0) is 0 Å². The highest BCUT2D eigenvalue weighted by atomic mass is 79.9. The molecule has 0 saturated heterocycles. The molecule has 2 N–H and O–H groups in total. The molecule has 2 aromatic carbocycles. The lowest BCUT2D eigenvalue weighted by molar-refractivity contribution is 0.0734. The predicted molar refractivity (Wildman–Crippen MR) is 116 cm³/mol. The fourth-order valence-electron chi connectivity index (χ4n) is 2.20. The fourth-order valence-corrected chi connectivity index (χ4v) is 2.77. The van der Waals surface area contributed by atoms with Crippen molar-refractivity contribution < 1.29 is 19.0 Å². The van der Waals surface area contributed by atoms with Crippen LogP contribution >= 0.6 is 28.1 Å². The quantitative estimate of drug-likeness (QED) is 0.213. The van der Waals surface area contributed by atoms with Gasteiger partial charge in [0.05, 0.1) is 26.0 Å². The number of esters is 1. The van der Waals surface area contributed by atoms with Crippen LogP contribution in [0.2, 0.25) is 0 Å². The lowest BCUT2D eigenvalue weighted by Gasteiger charge is -2.11. The molecule has 0 amide bonds. The number of rotatable bonds is 7. The normalized spacial score (nSPS) is 10.4. The molecule has 2 rings (SSSR count). The van der Waals surface area contributed by atoms with Crippen molar-refractivity contribution in [3.63, 3.8) is 0 Å². The number of nitrogens with zero attached hydrogens (tertiary/aromatic N) is 1. The number of hydrogen-bond acceptors (Lipinski definition) is 6. The monoisotopic (exact) mass is 465 g/mol. The van der Waals surface area contributed by atoms with Crippen LogP contribution in [0.1, 0.15) is 22.8 Å². The molecule has 0 atom stereocenters. The van der Waals surface area contributed by atoms with Gasteiger partial charge in [0.15, 0.2) is 16.6 Å². The van der Waals surface area contributed by atoms with Gasteiger partial charge in [-0.3, -0.25) is 5.43 Å². The molecular weight excluding hydrogens is 446 g/mol. The van der Waals surface area contributed by atoms with Crippen molar-refractivity contribution in [1.82, 2.24) is 10.7 Å². The zero-order valence-corrected chi connectivity index (χ0v) is 18.0. The van der Waals surface area contributed by atoms with Gasteiger partial charge in [0.25, 0.3) is 0 Å². The highest BCUT2D eigenvalue weighted by molar-refractivity contribution is 9.10. The third kappa shape index (κ3) is 5.93. The molecule has 2 aromatic rings. The summed E-state index contributed by atoms with van der Waals surface area (Å²) in [7, 11) is 3.03. The number of methoxy groups -OCH3 is 2. The molecule has 0 spiro atoms. The number of ether oxygens (including phenoxy) is 3. The number of hydrazone groups is 1. The minimum Gasteiger partial charge on any atom is -0.493 e. The van der Waals surface area contributed by atoms with Gasteiger partial charge in [-0.15, -0.1) is 0 Å². The Labute approximate surface area is 177 Å². The molecule has 28 heavy (non-hydrogen) atoms. The first-order chi connectivity index (χ1) is 13.5. The van der Waals surface area contributed by atoms with Gasteiger partial charge in [-0.1, -0.05) is 15.9 Å². The second-order valence-electron chi connectivity index (χ2n) is 5.37. The summed E-state index contributed by atoms with van der Waals surface area (Å²) < 4.78 is 16.8. The number of halogens is 1. The summed E-state index contributed by atoms with van der Waals surface area (Å²) in [5, 5.41) is 7.39. The van der Waals surface area contributed by atoms with Crippen LogP contribution in [0, 0.1) is 0 Å². The van der Waals surface area contributed by atoms with E-state index in [1.807, 2.05) is 6.92 Å². The van der Waals surface area contributed by atoms with Crippen LogP contribution in [0.5, 0.6) is 17.2 Å². The Morgan fingerprint density at radius 2 is 1.86 bits per heavy atom. The van der Waals surface area contributed by atoms with Gasteiger partial charge in [-0.05, 0) is 55.5 Å². The van der Waals surface area contributed by atoms with Gasteiger partial charge >= 0.3 is 5.97 Å². The topological polar surface area (TPSA) is 81.2 Å². The smallest absolute Gasteiger partial charge is 0.343 e. The van der Waals surface area contributed by atoms with E-state index in [1.165, 1.54) is 20.4 Å². The van der Waals surface area contributed by atoms with E-state index < -0.39 is 5.97 Å². The molecule has 0 aliphatic carbocycles. The second-order valence-corrected chi connectivity index (χ2v) is 6.69. The van der Waals surface area contributed by atoms with E-state index in [0.29, 0.717) is 40.0 Å². The molecule has 0 radical (unpaired) electrons. The van der Waals surface area contributed by atoms with Gasteiger partial charge in [0, 0.05) is 16.6 Å². The molecule has 0 aliphatic rings. The van der Waals surface area contributed by atoms with Crippen molar-refractivity contribution in [2.45, 2.75) is 6.92 Å². The van der Waals surface area contributed by atoms with Crippen molar-refractivity contribution in [1.29, 1.82) is 0 Å². The van der Waals surface area contributed by atoms with E-state index in [2.05, 4.69) is 31.8 Å². The Morgan fingerprint density at radius 3 is 2.54 bits per heavy atom. The Kier molecular flexibility index (Phi) is 8.21. The summed E-state index contributed by atoms with van der Waals surface area (Å²) in [5.74, 6) is 0.783. The number of nitrogens with one attached hydrogen (secondary N) is 2. The number of carbonyl (C=O) groups excluding carboxylic acids is 1. The Balaban J connectivity index is 2.20. The highest BCUT2D eigenvalue weighted by Gasteiger charge is 2.14. The minimum absolute atomic E-state index is 0.329. The van der Waals surface area contributed by atoms with Gasteiger partial charge in [-0.2, -0.15) is 5.10 Å². The van der Waals surface area contributed by atoms with E-state index in [9.17, 15) is 4.79 Å². The maximum Gasteiger partial charge on any atom is 0.343 e. The molecule has 0 aliphatic heterocycles. The number of benzene rings is 2. The van der Waals surface area contributed by atoms with E-state index in [4.69, 9.17) is 26.4 Å². The first-order valence-electron chi connectivity index (χ1n) is 8.29. The molecular formula is C19H20BrN3O4S. The van der Waals surface area contributed by atoms with Crippen molar-refractivity contribution in [3.8, 4) is 17.2 Å². The molecule has 0 unspecified atom stereocenters. The molecule has 0 saturated carbocycles. The molecule has 148 valence electrons. The SMILES string of the molecule is CCNC(=S)N/N=C\c1cc(Br)ccc1OC(=O)c1ccc(OC)c(OC)c1. The van der Waals surface area contributed by atoms with Crippen LogP contribution in [0.3, 0.4) is 0 Å². The van der Waals surface area contributed by atoms with Crippen LogP contribution in [0.25, 0.3) is 0 Å². The Morgan fingerprint density at radius 1 is 1.14 bits per heavy atom. The first-order valence-corrected chi connectivity index (χ1v) is 9.49. The van der Waals surface area contributed by atoms with Crippen LogP contribution < -0.4 is 25.0 Å². The zero-order chi connectivity index (χ0) is 20.5. The molecule has 7 nitrogen and oxygen atoms in total. The second kappa shape index (κ2) is 10.6. The Hall–Kier alpha value is -2.65. The van der Waals surface area contributed by atoms with Crippen molar-refractivity contribution >= 4 is 45.4 Å². The van der Waals surface area contributed by atoms with Gasteiger partial charge in [-0.25, -0.2) is 4.79 Å². The van der Waals surface area contributed by atoms with Crippen molar-refractivity contribution in [3.05, 3.63) is 52.0 Å². The van der Waals surface area contributed by atoms with Gasteiger partial charge in [0.2, 0.25) is 0 Å². The maximum atomic E-state index is 12.6. The minimum atomic E-state index is -0.533. The molecule has 0 bridgehead atoms. The first kappa shape index (κ1) is 21.6. The molecule has 0 heterocycles. The predicted octanol–water partition coefficient (Wildman–Crippen LogP) is 3.50. The average Bonchev–Trinajstić information content (AvgIpc) is 2.69. The van der Waals surface area contributed by atoms with Gasteiger partial charge in [0.1, 0.15) is 5.75 Å². The Bertz CT molecular complexity index is 889. The van der Waals surface area contributed by atoms with Gasteiger partial charge < -0.3 is 19.5 Å². The van der Waals surface area contributed by atoms with E-state index in [1.54, 1.807) is 36.4 Å². The summed E-state index contributed by atoms with van der Waals surface area (Å²) in [5.41, 5.74) is 3.62. The van der Waals surface area contributed by atoms with Crippen LogP contribution in [0.15, 0.2) is 46.0 Å². The number of thiocarbonyl (C=S) groups is 1. The maximum absolute atomic E-state index is 12.6. The van der Waals surface area contributed by atoms with Crippen LogP contribution in [0.4, 0.5) is 0 Å². The van der Waals surface area contributed by atoms with Crippen molar-refractivity contribution in [2.75, 3.05) is 20.8 Å². The standard InChI is InChI=1S/C19H20BrN3O4S/c1-4-21-19(28)23-22-11-13-9-14(20)6-8-15(13)27-18(24)12-5-7-16(25-2)17(10-12)26-3/h5-11H,4H2,1-3H3,(H2,21,23,28)/b22-11-. The lowest BCUT2D eigenvalue weighted by Crippen LogP contribution is -2.31. The van der Waals surface area contributed by atoms with E-state index in [0.717, 1.165) is 4.47 Å². The third-order valence-corrected chi connectivity index (χ3v) is 4.23. The highest BCUT2D eigenvalue weighted by Crippen LogP contribution is 2.29. The van der Waals surface area contributed by atoms with E-state index >= 15 is 0 Å². The molecule has 0 fully saturated rings. The lowest BCUT2D eigenvalue weighted by atomic mass is 10.2. The summed E-state index contributed by atoms with van der Waals surface area (Å²) in [6.45, 7) is 2.62. The fraction of sp³-hybridized carbons (Fsp3) is 0.211. The van der Waals surface area contributed by atoms with Crippen molar-refractivity contribution in [2.24, 2.45) is 5.10 Å². The third-order valence-electron chi connectivity index (χ3n) is 3.50. The number of hydrogen-bond donors (Lipinski definition) is 2. The summed E-state index contributed by atoms with van der Waals surface area (Å²) in [6.07, 6.45) is 1.52. The molecule has 9 heteroatoms. The number of carbonyl (C=O) groups is 1. The summed E-state index contributed by atoms with van der Waals surface area (Å²) >= 11 is 8.45.